The minimum Gasteiger partial charge on any atom is -0.496 e. The zero-order chi connectivity index (χ0) is 13.3. The van der Waals surface area contributed by atoms with Crippen molar-refractivity contribution in [3.63, 3.8) is 0 Å². The number of nitriles is 1. The summed E-state index contributed by atoms with van der Waals surface area (Å²) >= 11 is 0. The van der Waals surface area contributed by atoms with E-state index in [4.69, 9.17) is 4.74 Å². The molecule has 0 radical (unpaired) electrons. The second-order valence-electron chi connectivity index (χ2n) is 5.90. The van der Waals surface area contributed by atoms with E-state index in [1.54, 1.807) is 7.11 Å². The summed E-state index contributed by atoms with van der Waals surface area (Å²) in [6.07, 6.45) is 0. The lowest BCUT2D eigenvalue weighted by Crippen LogP contribution is -2.18. The molecule has 0 aliphatic carbocycles. The molecular formula is C15H21NO. The van der Waals surface area contributed by atoms with Crippen LogP contribution < -0.4 is 4.74 Å². The van der Waals surface area contributed by atoms with Crippen molar-refractivity contribution in [3.8, 4) is 11.8 Å². The minimum atomic E-state index is -0.535. The monoisotopic (exact) mass is 231 g/mol. The topological polar surface area (TPSA) is 33.0 Å². The smallest absolute Gasteiger partial charge is 0.123 e. The molecule has 0 unspecified atom stereocenters. The van der Waals surface area contributed by atoms with E-state index in [1.165, 1.54) is 5.56 Å². The fourth-order valence-electron chi connectivity index (χ4n) is 1.72. The highest BCUT2D eigenvalue weighted by Crippen LogP contribution is 2.35. The molecule has 0 aliphatic heterocycles. The molecule has 0 amide bonds. The van der Waals surface area contributed by atoms with Crippen molar-refractivity contribution in [2.45, 2.75) is 45.4 Å². The summed E-state index contributed by atoms with van der Waals surface area (Å²) in [4.78, 5) is 0. The summed E-state index contributed by atoms with van der Waals surface area (Å²) in [5.41, 5.74) is 1.71. The Morgan fingerprint density at radius 2 is 1.71 bits per heavy atom. The fraction of sp³-hybridized carbons (Fsp3) is 0.533. The molecule has 1 rings (SSSR count). The number of benzene rings is 1. The molecule has 0 aromatic heterocycles. The third-order valence-corrected chi connectivity index (χ3v) is 3.02. The van der Waals surface area contributed by atoms with E-state index in [2.05, 4.69) is 39.0 Å². The Balaban J connectivity index is 3.42. The zero-order valence-electron chi connectivity index (χ0n) is 11.6. The summed E-state index contributed by atoms with van der Waals surface area (Å²) in [6.45, 7) is 10.3. The van der Waals surface area contributed by atoms with Gasteiger partial charge in [-0.25, -0.2) is 0 Å². The van der Waals surface area contributed by atoms with Crippen molar-refractivity contribution in [2.24, 2.45) is 0 Å². The molecule has 1 aromatic carbocycles. The van der Waals surface area contributed by atoms with Gasteiger partial charge in [0.2, 0.25) is 0 Å². The zero-order valence-corrected chi connectivity index (χ0v) is 11.6. The van der Waals surface area contributed by atoms with Crippen LogP contribution in [0.5, 0.6) is 5.75 Å². The van der Waals surface area contributed by atoms with Crippen LogP contribution in [0.15, 0.2) is 18.2 Å². The van der Waals surface area contributed by atoms with E-state index in [0.717, 1.165) is 11.3 Å². The van der Waals surface area contributed by atoms with Gasteiger partial charge in [0.05, 0.1) is 18.6 Å². The SMILES string of the molecule is COc1ccc(C(C)(C)C)cc1C(C)(C)C#N. The predicted octanol–water partition coefficient (Wildman–Crippen LogP) is 3.79. The normalized spacial score (nSPS) is 12.1. The van der Waals surface area contributed by atoms with Crippen LogP contribution in [-0.2, 0) is 10.8 Å². The summed E-state index contributed by atoms with van der Waals surface area (Å²) in [5.74, 6) is 0.782. The Morgan fingerprint density at radius 3 is 2.12 bits per heavy atom. The lowest BCUT2D eigenvalue weighted by molar-refractivity contribution is 0.402. The highest BCUT2D eigenvalue weighted by atomic mass is 16.5. The van der Waals surface area contributed by atoms with Crippen molar-refractivity contribution in [1.29, 1.82) is 5.26 Å². The van der Waals surface area contributed by atoms with Crippen LogP contribution >= 0.6 is 0 Å². The number of nitrogens with zero attached hydrogens (tertiary/aromatic N) is 1. The molecule has 0 saturated carbocycles. The third-order valence-electron chi connectivity index (χ3n) is 3.02. The first-order valence-electron chi connectivity index (χ1n) is 5.82. The van der Waals surface area contributed by atoms with Crippen LogP contribution in [0.2, 0.25) is 0 Å². The maximum atomic E-state index is 9.26. The van der Waals surface area contributed by atoms with E-state index in [9.17, 15) is 5.26 Å². The second kappa shape index (κ2) is 4.41. The number of hydrogen-bond donors (Lipinski definition) is 0. The lowest BCUT2D eigenvalue weighted by Gasteiger charge is -2.25. The Morgan fingerprint density at radius 1 is 1.12 bits per heavy atom. The first-order chi connectivity index (χ1) is 7.72. The molecule has 2 nitrogen and oxygen atoms in total. The molecular weight excluding hydrogens is 210 g/mol. The molecule has 1 aromatic rings. The first kappa shape index (κ1) is 13.6. The van der Waals surface area contributed by atoms with Gasteiger partial charge in [0.25, 0.3) is 0 Å². The largest absolute Gasteiger partial charge is 0.496 e. The molecule has 2 heteroatoms. The van der Waals surface area contributed by atoms with Crippen molar-refractivity contribution in [2.75, 3.05) is 7.11 Å². The van der Waals surface area contributed by atoms with Crippen LogP contribution in [0.1, 0.15) is 45.7 Å². The summed E-state index contributed by atoms with van der Waals surface area (Å²) in [6, 6.07) is 8.43. The van der Waals surface area contributed by atoms with Gasteiger partial charge in [-0.05, 0) is 37.0 Å². The van der Waals surface area contributed by atoms with Crippen molar-refractivity contribution in [3.05, 3.63) is 29.3 Å². The Hall–Kier alpha value is -1.49. The van der Waals surface area contributed by atoms with E-state index in [0.29, 0.717) is 0 Å². The van der Waals surface area contributed by atoms with E-state index in [-0.39, 0.29) is 5.41 Å². The fourth-order valence-corrected chi connectivity index (χ4v) is 1.72. The molecule has 17 heavy (non-hydrogen) atoms. The summed E-state index contributed by atoms with van der Waals surface area (Å²) < 4.78 is 5.35. The number of hydrogen-bond acceptors (Lipinski definition) is 2. The summed E-state index contributed by atoms with van der Waals surface area (Å²) in [7, 11) is 1.64. The van der Waals surface area contributed by atoms with Gasteiger partial charge in [-0.15, -0.1) is 0 Å². The molecule has 0 N–H and O–H groups in total. The van der Waals surface area contributed by atoms with Crippen LogP contribution in [0, 0.1) is 11.3 Å². The van der Waals surface area contributed by atoms with Gasteiger partial charge in [-0.3, -0.25) is 0 Å². The molecule has 0 heterocycles. The van der Waals surface area contributed by atoms with Crippen LogP contribution in [0.25, 0.3) is 0 Å². The van der Waals surface area contributed by atoms with Gasteiger partial charge in [-0.1, -0.05) is 26.8 Å². The van der Waals surface area contributed by atoms with Crippen LogP contribution in [-0.4, -0.2) is 7.11 Å². The average Bonchev–Trinajstić information content (AvgIpc) is 2.27. The Kier molecular flexibility index (Phi) is 3.52. The Bertz CT molecular complexity index is 447. The van der Waals surface area contributed by atoms with Crippen LogP contribution in [0.4, 0.5) is 0 Å². The molecule has 0 fully saturated rings. The van der Waals surface area contributed by atoms with E-state index in [1.807, 2.05) is 19.9 Å². The predicted molar refractivity (Wildman–Crippen MR) is 70.3 cm³/mol. The Labute approximate surface area is 104 Å². The van der Waals surface area contributed by atoms with Gasteiger partial charge in [0, 0.05) is 5.56 Å². The maximum Gasteiger partial charge on any atom is 0.123 e. The maximum absolute atomic E-state index is 9.26. The molecule has 0 spiro atoms. The molecule has 92 valence electrons. The highest BCUT2D eigenvalue weighted by Gasteiger charge is 2.26. The van der Waals surface area contributed by atoms with Crippen molar-refractivity contribution >= 4 is 0 Å². The summed E-state index contributed by atoms with van der Waals surface area (Å²) in [5, 5.41) is 9.26. The van der Waals surface area contributed by atoms with E-state index < -0.39 is 5.41 Å². The molecule has 0 aliphatic rings. The van der Waals surface area contributed by atoms with Gasteiger partial charge in [0.1, 0.15) is 5.75 Å². The minimum absolute atomic E-state index is 0.0759. The lowest BCUT2D eigenvalue weighted by atomic mass is 9.80. The molecule has 0 saturated heterocycles. The number of methoxy groups -OCH3 is 1. The van der Waals surface area contributed by atoms with Gasteiger partial charge < -0.3 is 4.74 Å². The van der Waals surface area contributed by atoms with Gasteiger partial charge >= 0.3 is 0 Å². The number of rotatable bonds is 2. The van der Waals surface area contributed by atoms with Gasteiger partial charge in [-0.2, -0.15) is 5.26 Å². The van der Waals surface area contributed by atoms with Gasteiger partial charge in [0.15, 0.2) is 0 Å². The standard InChI is InChI=1S/C15H21NO/c1-14(2,3)11-7-8-13(17-6)12(9-11)15(4,5)10-16/h7-9H,1-6H3. The highest BCUT2D eigenvalue weighted by molar-refractivity contribution is 5.46. The van der Waals surface area contributed by atoms with Crippen molar-refractivity contribution < 1.29 is 4.74 Å². The molecule has 0 atom stereocenters. The quantitative estimate of drug-likeness (QED) is 0.775. The van der Waals surface area contributed by atoms with Crippen LogP contribution in [0.3, 0.4) is 0 Å². The number of ether oxygens (including phenoxy) is 1. The second-order valence-corrected chi connectivity index (χ2v) is 5.90. The molecule has 0 bridgehead atoms. The van der Waals surface area contributed by atoms with Crippen molar-refractivity contribution in [1.82, 2.24) is 0 Å². The van der Waals surface area contributed by atoms with E-state index >= 15 is 0 Å². The average molecular weight is 231 g/mol. The first-order valence-corrected chi connectivity index (χ1v) is 5.82. The third kappa shape index (κ3) is 2.79.